The Morgan fingerprint density at radius 3 is 2.90 bits per heavy atom. The third kappa shape index (κ3) is 3.76. The number of aryl methyl sites for hydroxylation is 2. The SMILES string of the molecule is C[C@@]12CCC[C@H]1[C@@H]1CCc3cc(CCCC(=O)N4CCOCC4)ccc3[C@H]1CC2. The quantitative estimate of drug-likeness (QED) is 0.709. The van der Waals surface area contributed by atoms with Crippen molar-refractivity contribution >= 4 is 5.91 Å². The summed E-state index contributed by atoms with van der Waals surface area (Å²) in [6, 6.07) is 7.30. The lowest BCUT2D eigenvalue weighted by Crippen LogP contribution is -2.40. The van der Waals surface area contributed by atoms with E-state index in [0.29, 0.717) is 31.0 Å². The lowest BCUT2D eigenvalue weighted by atomic mass is 9.56. The van der Waals surface area contributed by atoms with Gasteiger partial charge in [-0.2, -0.15) is 0 Å². The number of nitrogens with zero attached hydrogens (tertiary/aromatic N) is 1. The zero-order valence-electron chi connectivity index (χ0n) is 18.1. The van der Waals surface area contributed by atoms with E-state index in [1.165, 1.54) is 50.5 Å². The van der Waals surface area contributed by atoms with Gasteiger partial charge in [0.2, 0.25) is 5.91 Å². The second-order valence-electron chi connectivity index (χ2n) is 10.4. The molecule has 1 aromatic rings. The van der Waals surface area contributed by atoms with E-state index in [1.54, 1.807) is 11.1 Å². The van der Waals surface area contributed by atoms with Crippen molar-refractivity contribution in [3.05, 3.63) is 34.9 Å². The minimum atomic E-state index is 0.302. The van der Waals surface area contributed by atoms with Crippen molar-refractivity contribution in [3.63, 3.8) is 0 Å². The normalized spacial score (nSPS) is 33.7. The van der Waals surface area contributed by atoms with Gasteiger partial charge < -0.3 is 9.64 Å². The van der Waals surface area contributed by atoms with Crippen LogP contribution in [0.5, 0.6) is 0 Å². The molecule has 0 aromatic heterocycles. The van der Waals surface area contributed by atoms with Crippen molar-refractivity contribution in [1.29, 1.82) is 0 Å². The van der Waals surface area contributed by atoms with Gasteiger partial charge in [0.05, 0.1) is 13.2 Å². The first kappa shape index (κ1) is 19.6. The molecule has 4 aliphatic rings. The Morgan fingerprint density at radius 2 is 2.03 bits per heavy atom. The summed E-state index contributed by atoms with van der Waals surface area (Å²) in [5, 5.41) is 0. The average Bonchev–Trinajstić information content (AvgIpc) is 3.16. The largest absolute Gasteiger partial charge is 0.378 e. The molecule has 5 rings (SSSR count). The van der Waals surface area contributed by atoms with Crippen LogP contribution in [0.15, 0.2) is 18.2 Å². The van der Waals surface area contributed by atoms with Crippen LogP contribution in [0.3, 0.4) is 0 Å². The fourth-order valence-electron chi connectivity index (χ4n) is 7.20. The Hall–Kier alpha value is -1.35. The summed E-state index contributed by atoms with van der Waals surface area (Å²) in [4.78, 5) is 14.3. The van der Waals surface area contributed by atoms with Crippen molar-refractivity contribution in [2.24, 2.45) is 17.3 Å². The number of carbonyl (C=O) groups is 1. The molecule has 0 bridgehead atoms. The van der Waals surface area contributed by atoms with Gasteiger partial charge in [0.1, 0.15) is 0 Å². The molecular formula is C26H37NO2. The van der Waals surface area contributed by atoms with Crippen molar-refractivity contribution in [2.75, 3.05) is 26.3 Å². The molecule has 1 amide bonds. The van der Waals surface area contributed by atoms with E-state index in [0.717, 1.165) is 43.7 Å². The maximum Gasteiger partial charge on any atom is 0.222 e. The average molecular weight is 396 g/mol. The summed E-state index contributed by atoms with van der Waals surface area (Å²) in [6.07, 6.45) is 12.6. The van der Waals surface area contributed by atoms with E-state index in [2.05, 4.69) is 25.1 Å². The van der Waals surface area contributed by atoms with Crippen LogP contribution < -0.4 is 0 Å². The van der Waals surface area contributed by atoms with E-state index >= 15 is 0 Å². The standard InChI is InChI=1S/C26H37NO2/c1-26-12-3-5-24(26)23-10-8-20-18-19(7-9-21(20)22(23)11-13-26)4-2-6-25(28)27-14-16-29-17-15-27/h7,9,18,22-24H,2-6,8,10-17H2,1H3/t22-,23-,24+,26+/m1/s1. The van der Waals surface area contributed by atoms with E-state index in [-0.39, 0.29) is 0 Å². The first-order valence-corrected chi connectivity index (χ1v) is 12.1. The Kier molecular flexibility index (Phi) is 5.45. The van der Waals surface area contributed by atoms with E-state index in [4.69, 9.17) is 4.74 Å². The van der Waals surface area contributed by atoms with Crippen LogP contribution in [0.4, 0.5) is 0 Å². The van der Waals surface area contributed by atoms with Gasteiger partial charge in [-0.25, -0.2) is 0 Å². The molecule has 1 aliphatic heterocycles. The first-order valence-electron chi connectivity index (χ1n) is 12.1. The summed E-state index contributed by atoms with van der Waals surface area (Å²) < 4.78 is 5.35. The van der Waals surface area contributed by atoms with Crippen LogP contribution in [-0.4, -0.2) is 37.1 Å². The number of benzene rings is 1. The van der Waals surface area contributed by atoms with Gasteiger partial charge in [-0.05, 0) is 91.2 Å². The van der Waals surface area contributed by atoms with Crippen LogP contribution in [0.2, 0.25) is 0 Å². The second kappa shape index (κ2) is 8.06. The topological polar surface area (TPSA) is 29.5 Å². The number of rotatable bonds is 4. The number of fused-ring (bicyclic) bond motifs is 5. The van der Waals surface area contributed by atoms with Crippen molar-refractivity contribution in [1.82, 2.24) is 4.90 Å². The first-order chi connectivity index (χ1) is 14.1. The molecule has 0 N–H and O–H groups in total. The highest BCUT2D eigenvalue weighted by Crippen LogP contribution is 2.60. The lowest BCUT2D eigenvalue weighted by molar-refractivity contribution is -0.135. The predicted molar refractivity (Wildman–Crippen MR) is 116 cm³/mol. The van der Waals surface area contributed by atoms with Crippen molar-refractivity contribution in [3.8, 4) is 0 Å². The highest BCUT2D eigenvalue weighted by Gasteiger charge is 2.50. The minimum absolute atomic E-state index is 0.302. The van der Waals surface area contributed by atoms with Gasteiger partial charge in [0.25, 0.3) is 0 Å². The van der Waals surface area contributed by atoms with E-state index in [1.807, 2.05) is 4.90 Å². The number of carbonyl (C=O) groups excluding carboxylic acids is 1. The molecule has 158 valence electrons. The van der Waals surface area contributed by atoms with Crippen LogP contribution in [0.1, 0.15) is 80.9 Å². The number of amides is 1. The molecule has 0 unspecified atom stereocenters. The molecule has 2 saturated carbocycles. The van der Waals surface area contributed by atoms with E-state index < -0.39 is 0 Å². The zero-order valence-corrected chi connectivity index (χ0v) is 18.1. The zero-order chi connectivity index (χ0) is 19.8. The molecule has 3 aliphatic carbocycles. The predicted octanol–water partition coefficient (Wildman–Crippen LogP) is 5.11. The van der Waals surface area contributed by atoms with Crippen LogP contribution in [0, 0.1) is 17.3 Å². The van der Waals surface area contributed by atoms with Crippen LogP contribution in [-0.2, 0) is 22.4 Å². The molecule has 1 heterocycles. The summed E-state index contributed by atoms with van der Waals surface area (Å²) in [7, 11) is 0. The van der Waals surface area contributed by atoms with Gasteiger partial charge in [-0.15, -0.1) is 0 Å². The number of ether oxygens (including phenoxy) is 1. The summed E-state index contributed by atoms with van der Waals surface area (Å²) >= 11 is 0. The molecule has 0 spiro atoms. The molecule has 1 aromatic carbocycles. The van der Waals surface area contributed by atoms with Gasteiger partial charge in [0.15, 0.2) is 0 Å². The monoisotopic (exact) mass is 395 g/mol. The van der Waals surface area contributed by atoms with Crippen LogP contribution >= 0.6 is 0 Å². The fourth-order valence-corrected chi connectivity index (χ4v) is 7.20. The van der Waals surface area contributed by atoms with Gasteiger partial charge in [-0.1, -0.05) is 31.5 Å². The summed E-state index contributed by atoms with van der Waals surface area (Å²) in [5.74, 6) is 3.02. The summed E-state index contributed by atoms with van der Waals surface area (Å²) in [6.45, 7) is 5.50. The fraction of sp³-hybridized carbons (Fsp3) is 0.731. The van der Waals surface area contributed by atoms with Crippen molar-refractivity contribution in [2.45, 2.75) is 77.0 Å². The highest BCUT2D eigenvalue weighted by atomic mass is 16.5. The number of hydrogen-bond acceptors (Lipinski definition) is 2. The van der Waals surface area contributed by atoms with Crippen molar-refractivity contribution < 1.29 is 9.53 Å². The molecule has 4 atom stereocenters. The lowest BCUT2D eigenvalue weighted by Gasteiger charge is -2.49. The van der Waals surface area contributed by atoms with E-state index in [9.17, 15) is 4.79 Å². The highest BCUT2D eigenvalue weighted by molar-refractivity contribution is 5.76. The minimum Gasteiger partial charge on any atom is -0.378 e. The summed E-state index contributed by atoms with van der Waals surface area (Å²) in [5.41, 5.74) is 5.36. The smallest absolute Gasteiger partial charge is 0.222 e. The second-order valence-corrected chi connectivity index (χ2v) is 10.4. The molecule has 29 heavy (non-hydrogen) atoms. The maximum atomic E-state index is 12.4. The molecule has 3 nitrogen and oxygen atoms in total. The molecule has 3 heteroatoms. The number of hydrogen-bond donors (Lipinski definition) is 0. The Balaban J connectivity index is 1.20. The molecular weight excluding hydrogens is 358 g/mol. The van der Waals surface area contributed by atoms with Gasteiger partial charge in [-0.3, -0.25) is 4.79 Å². The number of morpholine rings is 1. The Morgan fingerprint density at radius 1 is 1.17 bits per heavy atom. The molecule has 0 radical (unpaired) electrons. The Labute approximate surface area is 176 Å². The van der Waals surface area contributed by atoms with Crippen LogP contribution in [0.25, 0.3) is 0 Å². The van der Waals surface area contributed by atoms with Gasteiger partial charge >= 0.3 is 0 Å². The third-order valence-electron chi connectivity index (χ3n) is 8.79. The molecule has 1 saturated heterocycles. The van der Waals surface area contributed by atoms with Gasteiger partial charge in [0, 0.05) is 19.5 Å². The maximum absolute atomic E-state index is 12.4. The molecule has 3 fully saturated rings. The third-order valence-corrected chi connectivity index (χ3v) is 8.79. The Bertz CT molecular complexity index is 753.